The number of ether oxygens (including phenoxy) is 1. The molecule has 2 aromatic heterocycles. The SMILES string of the molecule is Cc1ccc([C@@]2(O)CC[C@@H]3CN(Cc4cccc(OCc5ccccn5)c4)C[C@@H]32)nc1.O=C(O)CC(O)(CC(=O)O)C(=O)O. The fourth-order valence-corrected chi connectivity index (χ4v) is 5.90. The highest BCUT2D eigenvalue weighted by molar-refractivity contribution is 5.88. The first-order valence-corrected chi connectivity index (χ1v) is 14.3. The Balaban J connectivity index is 0.000000289. The van der Waals surface area contributed by atoms with E-state index in [1.165, 1.54) is 5.56 Å². The second-order valence-electron chi connectivity index (χ2n) is 11.5. The maximum Gasteiger partial charge on any atom is 0.336 e. The quantitative estimate of drug-likeness (QED) is 0.215. The molecule has 1 aromatic carbocycles. The van der Waals surface area contributed by atoms with Crippen molar-refractivity contribution in [3.8, 4) is 5.75 Å². The summed E-state index contributed by atoms with van der Waals surface area (Å²) in [6.45, 7) is 5.29. The standard InChI is InChI=1S/C26H29N3O2.C6H8O7/c1-19-8-9-25(28-14-19)26(30)11-10-21-16-29(17-24(21)26)15-20-5-4-7-23(13-20)31-18-22-6-2-3-12-27-22;7-3(8)1-6(13,5(11)12)2-4(9)10/h2-9,12-14,21,24,30H,10-11,15-18H2,1H3;13H,1-2H2,(H,7,8)(H,9,10)(H,11,12)/t21-,24+,26-;/m1./s1. The van der Waals surface area contributed by atoms with Crippen LogP contribution in [-0.4, -0.2) is 77.0 Å². The van der Waals surface area contributed by atoms with Crippen LogP contribution in [0.25, 0.3) is 0 Å². The van der Waals surface area contributed by atoms with Crippen molar-refractivity contribution in [2.24, 2.45) is 11.8 Å². The number of likely N-dealkylation sites (tertiary alicyclic amines) is 1. The summed E-state index contributed by atoms with van der Waals surface area (Å²) in [6.07, 6.45) is 3.23. The Hall–Kier alpha value is -4.39. The molecule has 2 fully saturated rings. The van der Waals surface area contributed by atoms with Crippen LogP contribution < -0.4 is 4.74 Å². The molecule has 3 aromatic rings. The van der Waals surface area contributed by atoms with Crippen LogP contribution in [0.4, 0.5) is 0 Å². The monoisotopic (exact) mass is 607 g/mol. The number of carbonyl (C=O) groups is 3. The van der Waals surface area contributed by atoms with Gasteiger partial charge in [-0.05, 0) is 67.1 Å². The van der Waals surface area contributed by atoms with Gasteiger partial charge in [-0.25, -0.2) is 4.79 Å². The van der Waals surface area contributed by atoms with Crippen LogP contribution >= 0.6 is 0 Å². The molecular weight excluding hydrogens is 570 g/mol. The molecule has 5 rings (SSSR count). The third-order valence-electron chi connectivity index (χ3n) is 8.08. The van der Waals surface area contributed by atoms with E-state index in [2.05, 4.69) is 33.1 Å². The normalized spacial score (nSPS) is 21.2. The molecule has 0 bridgehead atoms. The number of hydrogen-bond donors (Lipinski definition) is 5. The minimum atomic E-state index is -2.74. The minimum absolute atomic E-state index is 0.242. The maximum atomic E-state index is 11.5. The van der Waals surface area contributed by atoms with Crippen molar-refractivity contribution in [3.05, 3.63) is 89.5 Å². The predicted octanol–water partition coefficient (Wildman–Crippen LogP) is 2.85. The van der Waals surface area contributed by atoms with Crippen molar-refractivity contribution in [2.75, 3.05) is 13.1 Å². The fourth-order valence-electron chi connectivity index (χ4n) is 5.90. The number of rotatable bonds is 11. The van der Waals surface area contributed by atoms with Gasteiger partial charge in [0.05, 0.1) is 24.2 Å². The van der Waals surface area contributed by atoms with Crippen LogP contribution in [0.1, 0.15) is 48.2 Å². The summed E-state index contributed by atoms with van der Waals surface area (Å²) in [6, 6.07) is 18.2. The van der Waals surface area contributed by atoms with Gasteiger partial charge in [-0.1, -0.05) is 24.3 Å². The van der Waals surface area contributed by atoms with Gasteiger partial charge in [-0.15, -0.1) is 0 Å². The van der Waals surface area contributed by atoms with E-state index in [9.17, 15) is 19.5 Å². The van der Waals surface area contributed by atoms with Crippen molar-refractivity contribution in [1.29, 1.82) is 0 Å². The van der Waals surface area contributed by atoms with Crippen LogP contribution in [0.5, 0.6) is 5.75 Å². The molecule has 0 spiro atoms. The second kappa shape index (κ2) is 13.9. The van der Waals surface area contributed by atoms with Crippen LogP contribution in [0.3, 0.4) is 0 Å². The molecule has 1 saturated carbocycles. The molecule has 1 saturated heterocycles. The van der Waals surface area contributed by atoms with E-state index in [0.29, 0.717) is 12.5 Å². The summed E-state index contributed by atoms with van der Waals surface area (Å²) < 4.78 is 5.94. The van der Waals surface area contributed by atoms with Gasteiger partial charge in [0.2, 0.25) is 0 Å². The van der Waals surface area contributed by atoms with Gasteiger partial charge in [0.1, 0.15) is 18.0 Å². The van der Waals surface area contributed by atoms with Gasteiger partial charge < -0.3 is 30.3 Å². The number of pyridine rings is 2. The Morgan fingerprint density at radius 3 is 2.36 bits per heavy atom. The largest absolute Gasteiger partial charge is 0.487 e. The number of fused-ring (bicyclic) bond motifs is 1. The molecule has 44 heavy (non-hydrogen) atoms. The summed E-state index contributed by atoms with van der Waals surface area (Å²) in [5.41, 5.74) is 0.565. The van der Waals surface area contributed by atoms with Gasteiger partial charge >= 0.3 is 17.9 Å². The maximum absolute atomic E-state index is 11.5. The minimum Gasteiger partial charge on any atom is -0.487 e. The van der Waals surface area contributed by atoms with E-state index in [-0.39, 0.29) is 5.92 Å². The molecule has 1 aliphatic heterocycles. The Morgan fingerprint density at radius 2 is 1.75 bits per heavy atom. The smallest absolute Gasteiger partial charge is 0.336 e. The Labute approximate surface area is 254 Å². The van der Waals surface area contributed by atoms with Crippen molar-refractivity contribution in [1.82, 2.24) is 14.9 Å². The first-order chi connectivity index (χ1) is 20.9. The number of aromatic nitrogens is 2. The zero-order valence-electron chi connectivity index (χ0n) is 24.4. The summed E-state index contributed by atoms with van der Waals surface area (Å²) in [5, 5.41) is 45.3. The number of benzene rings is 1. The van der Waals surface area contributed by atoms with Crippen LogP contribution in [0, 0.1) is 18.8 Å². The molecule has 5 N–H and O–H groups in total. The molecule has 234 valence electrons. The lowest BCUT2D eigenvalue weighted by Crippen LogP contribution is -2.42. The zero-order valence-corrected chi connectivity index (χ0v) is 24.4. The molecule has 1 aliphatic carbocycles. The van der Waals surface area contributed by atoms with E-state index in [4.69, 9.17) is 25.2 Å². The van der Waals surface area contributed by atoms with E-state index < -0.39 is 42.0 Å². The average molecular weight is 608 g/mol. The predicted molar refractivity (Wildman–Crippen MR) is 156 cm³/mol. The molecule has 3 heterocycles. The van der Waals surface area contributed by atoms with Crippen molar-refractivity contribution >= 4 is 17.9 Å². The van der Waals surface area contributed by atoms with Crippen molar-refractivity contribution in [2.45, 2.75) is 57.0 Å². The Kier molecular flexibility index (Phi) is 10.3. The highest BCUT2D eigenvalue weighted by Gasteiger charge is 2.53. The second-order valence-corrected chi connectivity index (χ2v) is 11.5. The van der Waals surface area contributed by atoms with Crippen molar-refractivity contribution < 1.29 is 44.7 Å². The molecule has 12 heteroatoms. The van der Waals surface area contributed by atoms with Crippen LogP contribution in [0.2, 0.25) is 0 Å². The number of aryl methyl sites for hydroxylation is 1. The number of aliphatic carboxylic acids is 3. The van der Waals surface area contributed by atoms with Gasteiger partial charge in [-0.3, -0.25) is 24.5 Å². The van der Waals surface area contributed by atoms with Crippen LogP contribution in [-0.2, 0) is 33.1 Å². The lowest BCUT2D eigenvalue weighted by molar-refractivity contribution is -0.170. The van der Waals surface area contributed by atoms with E-state index in [0.717, 1.165) is 55.2 Å². The van der Waals surface area contributed by atoms with E-state index >= 15 is 0 Å². The highest BCUT2D eigenvalue weighted by Crippen LogP contribution is 2.50. The van der Waals surface area contributed by atoms with Gasteiger partial charge in [-0.2, -0.15) is 0 Å². The van der Waals surface area contributed by atoms with Crippen molar-refractivity contribution in [3.63, 3.8) is 0 Å². The summed E-state index contributed by atoms with van der Waals surface area (Å²) in [5.74, 6) is -3.39. The van der Waals surface area contributed by atoms with Gasteiger partial charge in [0.25, 0.3) is 0 Å². The lowest BCUT2D eigenvalue weighted by Gasteiger charge is -2.30. The van der Waals surface area contributed by atoms with E-state index in [1.54, 1.807) is 6.20 Å². The number of nitrogens with zero attached hydrogens (tertiary/aromatic N) is 3. The lowest BCUT2D eigenvalue weighted by atomic mass is 9.85. The fraction of sp³-hybridized carbons (Fsp3) is 0.406. The number of carboxylic acids is 3. The molecule has 0 unspecified atom stereocenters. The number of aliphatic hydroxyl groups is 2. The topological polar surface area (TPSA) is 191 Å². The zero-order chi connectivity index (χ0) is 31.9. The number of hydrogen-bond acceptors (Lipinski definition) is 9. The van der Waals surface area contributed by atoms with E-state index in [1.807, 2.05) is 49.5 Å². The molecule has 3 atom stereocenters. The average Bonchev–Trinajstić information content (AvgIpc) is 3.52. The molecule has 0 amide bonds. The summed E-state index contributed by atoms with van der Waals surface area (Å²) >= 11 is 0. The third kappa shape index (κ3) is 8.16. The highest BCUT2D eigenvalue weighted by atomic mass is 16.5. The Bertz CT molecular complexity index is 1430. The molecular formula is C32H37N3O9. The summed E-state index contributed by atoms with van der Waals surface area (Å²) in [7, 11) is 0. The molecule has 0 radical (unpaired) electrons. The molecule has 12 nitrogen and oxygen atoms in total. The van der Waals surface area contributed by atoms with Gasteiger partial charge in [0.15, 0.2) is 5.60 Å². The summed E-state index contributed by atoms with van der Waals surface area (Å²) in [4.78, 5) is 41.8. The Morgan fingerprint density at radius 1 is 1.00 bits per heavy atom. The third-order valence-corrected chi connectivity index (χ3v) is 8.08. The van der Waals surface area contributed by atoms with Gasteiger partial charge in [0, 0.05) is 37.9 Å². The first-order valence-electron chi connectivity index (χ1n) is 14.3. The van der Waals surface area contributed by atoms with Crippen LogP contribution in [0.15, 0.2) is 67.0 Å². The molecule has 2 aliphatic rings. The first kappa shape index (κ1) is 32.5. The number of carboxylic acid groups (broad SMARTS) is 3.